The quantitative estimate of drug-likeness (QED) is 0.681. The number of carbonyl (C=O) groups is 1. The van der Waals surface area contributed by atoms with E-state index in [1.807, 2.05) is 6.92 Å². The van der Waals surface area contributed by atoms with Crippen LogP contribution in [0.15, 0.2) is 0 Å². The molecule has 3 N–H and O–H groups in total. The maximum atomic E-state index is 11.6. The van der Waals surface area contributed by atoms with Crippen LogP contribution in [0.25, 0.3) is 0 Å². The fourth-order valence-electron chi connectivity index (χ4n) is 1.38. The second-order valence-electron chi connectivity index (χ2n) is 4.43. The van der Waals surface area contributed by atoms with Gasteiger partial charge in [0.05, 0.1) is 6.04 Å². The molecule has 0 heterocycles. The molecule has 0 aromatic rings. The highest BCUT2D eigenvalue weighted by Crippen LogP contribution is 2.07. The van der Waals surface area contributed by atoms with Crippen LogP contribution in [0.2, 0.25) is 0 Å². The van der Waals surface area contributed by atoms with Gasteiger partial charge in [-0.3, -0.25) is 4.79 Å². The molecule has 3 heteroatoms. The summed E-state index contributed by atoms with van der Waals surface area (Å²) in [7, 11) is 0. The average molecular weight is 214 g/mol. The third-order valence-corrected chi connectivity index (χ3v) is 3.07. The minimum Gasteiger partial charge on any atom is -0.352 e. The zero-order valence-corrected chi connectivity index (χ0v) is 10.5. The molecular weight excluding hydrogens is 188 g/mol. The highest BCUT2D eigenvalue weighted by atomic mass is 16.2. The molecule has 90 valence electrons. The molecule has 0 fully saturated rings. The minimum absolute atomic E-state index is 0.00347. The minimum atomic E-state index is -0.337. The Morgan fingerprint density at radius 2 is 1.93 bits per heavy atom. The Kier molecular flexibility index (Phi) is 7.39. The van der Waals surface area contributed by atoms with Gasteiger partial charge in [-0.15, -0.1) is 0 Å². The van der Waals surface area contributed by atoms with Crippen LogP contribution in [0.5, 0.6) is 0 Å². The van der Waals surface area contributed by atoms with E-state index in [0.717, 1.165) is 25.7 Å². The third-order valence-electron chi connectivity index (χ3n) is 3.07. The Bertz CT molecular complexity index is 182. The highest BCUT2D eigenvalue weighted by molar-refractivity contribution is 5.81. The summed E-state index contributed by atoms with van der Waals surface area (Å²) in [4.78, 5) is 11.6. The Hall–Kier alpha value is -0.570. The number of carbonyl (C=O) groups excluding carboxylic acids is 1. The van der Waals surface area contributed by atoms with Gasteiger partial charge in [0.15, 0.2) is 0 Å². The third kappa shape index (κ3) is 5.78. The maximum absolute atomic E-state index is 11.6. The molecule has 3 nitrogen and oxygen atoms in total. The van der Waals surface area contributed by atoms with E-state index in [1.165, 1.54) is 0 Å². The van der Waals surface area contributed by atoms with Gasteiger partial charge in [0, 0.05) is 6.04 Å². The number of nitrogens with two attached hydrogens (primary N) is 1. The number of rotatable bonds is 7. The Morgan fingerprint density at radius 1 is 1.33 bits per heavy atom. The molecule has 0 bridgehead atoms. The first-order valence-electron chi connectivity index (χ1n) is 6.08. The highest BCUT2D eigenvalue weighted by Gasteiger charge is 2.17. The summed E-state index contributed by atoms with van der Waals surface area (Å²) in [6.07, 6.45) is 3.97. The molecule has 0 aromatic carbocycles. The lowest BCUT2D eigenvalue weighted by Gasteiger charge is -2.22. The molecule has 0 aliphatic heterocycles. The van der Waals surface area contributed by atoms with Crippen LogP contribution in [0.1, 0.15) is 53.4 Å². The molecule has 0 radical (unpaired) electrons. The lowest BCUT2D eigenvalue weighted by Crippen LogP contribution is -2.46. The number of amides is 1. The summed E-state index contributed by atoms with van der Waals surface area (Å²) in [5.41, 5.74) is 5.78. The van der Waals surface area contributed by atoms with Gasteiger partial charge in [0.2, 0.25) is 5.91 Å². The van der Waals surface area contributed by atoms with Crippen molar-refractivity contribution in [2.45, 2.75) is 65.5 Å². The molecule has 0 aliphatic rings. The van der Waals surface area contributed by atoms with E-state index < -0.39 is 0 Å². The van der Waals surface area contributed by atoms with Gasteiger partial charge < -0.3 is 11.1 Å². The summed E-state index contributed by atoms with van der Waals surface area (Å²) < 4.78 is 0. The van der Waals surface area contributed by atoms with Gasteiger partial charge in [0.25, 0.3) is 0 Å². The molecule has 0 spiro atoms. The van der Waals surface area contributed by atoms with Gasteiger partial charge in [-0.1, -0.05) is 40.0 Å². The van der Waals surface area contributed by atoms with E-state index in [0.29, 0.717) is 5.92 Å². The van der Waals surface area contributed by atoms with E-state index in [-0.39, 0.29) is 18.0 Å². The Labute approximate surface area is 93.8 Å². The smallest absolute Gasteiger partial charge is 0.237 e. The number of hydrogen-bond donors (Lipinski definition) is 2. The van der Waals surface area contributed by atoms with Crippen LogP contribution in [0.4, 0.5) is 0 Å². The summed E-state index contributed by atoms with van der Waals surface area (Å²) in [6, 6.07) is -0.119. The lowest BCUT2D eigenvalue weighted by molar-refractivity contribution is -0.123. The van der Waals surface area contributed by atoms with Crippen molar-refractivity contribution < 1.29 is 4.79 Å². The maximum Gasteiger partial charge on any atom is 0.237 e. The molecule has 0 saturated heterocycles. The predicted octanol–water partition coefficient (Wildman–Crippen LogP) is 2.05. The number of unbranched alkanes of at least 4 members (excludes halogenated alkanes) is 1. The first-order valence-corrected chi connectivity index (χ1v) is 6.08. The normalized spacial score (nSPS) is 16.9. The van der Waals surface area contributed by atoms with Crippen molar-refractivity contribution in [3.63, 3.8) is 0 Å². The fraction of sp³-hybridized carbons (Fsp3) is 0.917. The molecule has 3 unspecified atom stereocenters. The fourth-order valence-corrected chi connectivity index (χ4v) is 1.38. The molecule has 0 aliphatic carbocycles. The SMILES string of the molecule is CCCCC(N)C(=O)NC(C)C(C)CC. The van der Waals surface area contributed by atoms with Gasteiger partial charge in [-0.2, -0.15) is 0 Å². The lowest BCUT2D eigenvalue weighted by atomic mass is 10.0. The summed E-state index contributed by atoms with van der Waals surface area (Å²) in [5, 5.41) is 2.98. The van der Waals surface area contributed by atoms with E-state index in [2.05, 4.69) is 26.1 Å². The zero-order chi connectivity index (χ0) is 11.8. The topological polar surface area (TPSA) is 55.1 Å². The Balaban J connectivity index is 3.90. The van der Waals surface area contributed by atoms with E-state index in [1.54, 1.807) is 0 Å². The van der Waals surface area contributed by atoms with E-state index >= 15 is 0 Å². The number of hydrogen-bond acceptors (Lipinski definition) is 2. The van der Waals surface area contributed by atoms with Crippen LogP contribution in [0, 0.1) is 5.92 Å². The van der Waals surface area contributed by atoms with Crippen molar-refractivity contribution in [1.82, 2.24) is 5.32 Å². The molecule has 3 atom stereocenters. The van der Waals surface area contributed by atoms with Crippen molar-refractivity contribution in [1.29, 1.82) is 0 Å². The molecule has 0 saturated carbocycles. The molecule has 0 rings (SSSR count). The Morgan fingerprint density at radius 3 is 2.40 bits per heavy atom. The van der Waals surface area contributed by atoms with E-state index in [4.69, 9.17) is 5.73 Å². The van der Waals surface area contributed by atoms with Crippen LogP contribution in [-0.2, 0) is 4.79 Å². The molecular formula is C12H26N2O. The summed E-state index contributed by atoms with van der Waals surface area (Å²) >= 11 is 0. The van der Waals surface area contributed by atoms with Crippen molar-refractivity contribution >= 4 is 5.91 Å². The van der Waals surface area contributed by atoms with Crippen molar-refractivity contribution in [3.8, 4) is 0 Å². The molecule has 0 aromatic heterocycles. The average Bonchev–Trinajstić information content (AvgIpc) is 2.24. The van der Waals surface area contributed by atoms with Crippen LogP contribution < -0.4 is 11.1 Å². The second kappa shape index (κ2) is 7.69. The largest absolute Gasteiger partial charge is 0.352 e. The predicted molar refractivity (Wildman–Crippen MR) is 64.6 cm³/mol. The summed E-state index contributed by atoms with van der Waals surface area (Å²) in [6.45, 7) is 8.41. The van der Waals surface area contributed by atoms with Gasteiger partial charge >= 0.3 is 0 Å². The van der Waals surface area contributed by atoms with Crippen LogP contribution >= 0.6 is 0 Å². The zero-order valence-electron chi connectivity index (χ0n) is 10.5. The van der Waals surface area contributed by atoms with Crippen molar-refractivity contribution in [3.05, 3.63) is 0 Å². The van der Waals surface area contributed by atoms with Crippen molar-refractivity contribution in [2.24, 2.45) is 11.7 Å². The van der Waals surface area contributed by atoms with Crippen molar-refractivity contribution in [2.75, 3.05) is 0 Å². The first-order chi connectivity index (χ1) is 7.02. The molecule has 15 heavy (non-hydrogen) atoms. The van der Waals surface area contributed by atoms with E-state index in [9.17, 15) is 4.79 Å². The van der Waals surface area contributed by atoms with Gasteiger partial charge in [-0.25, -0.2) is 0 Å². The van der Waals surface area contributed by atoms with Gasteiger partial charge in [-0.05, 0) is 19.3 Å². The second-order valence-corrected chi connectivity index (χ2v) is 4.43. The standard InChI is InChI=1S/C12H26N2O/c1-5-7-8-11(13)12(15)14-10(4)9(3)6-2/h9-11H,5-8,13H2,1-4H3,(H,14,15). The summed E-state index contributed by atoms with van der Waals surface area (Å²) in [5.74, 6) is 0.503. The monoisotopic (exact) mass is 214 g/mol. The van der Waals surface area contributed by atoms with Crippen LogP contribution in [0.3, 0.4) is 0 Å². The number of nitrogens with one attached hydrogen (secondary N) is 1. The first kappa shape index (κ1) is 14.4. The van der Waals surface area contributed by atoms with Gasteiger partial charge in [0.1, 0.15) is 0 Å². The van der Waals surface area contributed by atoms with Crippen LogP contribution in [-0.4, -0.2) is 18.0 Å². The molecule has 1 amide bonds.